The summed E-state index contributed by atoms with van der Waals surface area (Å²) in [6, 6.07) is 0. The molecule has 0 saturated heterocycles. The van der Waals surface area contributed by atoms with Crippen molar-refractivity contribution in [3.63, 3.8) is 0 Å². The van der Waals surface area contributed by atoms with E-state index in [9.17, 15) is 0 Å². The summed E-state index contributed by atoms with van der Waals surface area (Å²) in [6.07, 6.45) is 16.4. The molecule has 20 heavy (non-hydrogen) atoms. The maximum atomic E-state index is 2.56. The molecule has 0 aromatic carbocycles. The average Bonchev–Trinajstić information content (AvgIpc) is 3.05. The molecule has 0 radical (unpaired) electrons. The standard InChI is InChI=1S/C20H38/c1-5-17(12-13-18-11-10-16(2)14-18)15-20(3,4)19-8-6-7-9-19/h16-19H,5-15H2,1-4H3. The molecule has 118 valence electrons. The first-order valence-electron chi connectivity index (χ1n) is 9.51. The van der Waals surface area contributed by atoms with Crippen molar-refractivity contribution in [2.45, 2.75) is 98.3 Å². The highest BCUT2D eigenvalue weighted by Crippen LogP contribution is 2.45. The van der Waals surface area contributed by atoms with Gasteiger partial charge in [-0.3, -0.25) is 0 Å². The van der Waals surface area contributed by atoms with Crippen LogP contribution >= 0.6 is 0 Å². The van der Waals surface area contributed by atoms with Crippen LogP contribution in [0.25, 0.3) is 0 Å². The van der Waals surface area contributed by atoms with Gasteiger partial charge in [0.05, 0.1) is 0 Å². The normalized spacial score (nSPS) is 30.0. The quantitative estimate of drug-likeness (QED) is 0.478. The van der Waals surface area contributed by atoms with Gasteiger partial charge in [0, 0.05) is 0 Å². The van der Waals surface area contributed by atoms with Crippen LogP contribution in [0.2, 0.25) is 0 Å². The molecule has 3 atom stereocenters. The minimum Gasteiger partial charge on any atom is -0.0651 e. The Morgan fingerprint density at radius 3 is 2.30 bits per heavy atom. The lowest BCUT2D eigenvalue weighted by Gasteiger charge is -2.35. The summed E-state index contributed by atoms with van der Waals surface area (Å²) in [7, 11) is 0. The number of rotatable bonds is 7. The van der Waals surface area contributed by atoms with E-state index in [2.05, 4.69) is 27.7 Å². The Labute approximate surface area is 128 Å². The Morgan fingerprint density at radius 2 is 1.75 bits per heavy atom. The van der Waals surface area contributed by atoms with Gasteiger partial charge in [0.1, 0.15) is 0 Å². The summed E-state index contributed by atoms with van der Waals surface area (Å²) in [4.78, 5) is 0. The molecule has 2 rings (SSSR count). The Kier molecular flexibility index (Phi) is 5.99. The van der Waals surface area contributed by atoms with Crippen molar-refractivity contribution in [3.8, 4) is 0 Å². The predicted octanol–water partition coefficient (Wildman–Crippen LogP) is 6.84. The first-order valence-corrected chi connectivity index (χ1v) is 9.51. The van der Waals surface area contributed by atoms with Crippen molar-refractivity contribution in [1.29, 1.82) is 0 Å². The molecular formula is C20H38. The highest BCUT2D eigenvalue weighted by molar-refractivity contribution is 4.84. The molecule has 0 spiro atoms. The summed E-state index contributed by atoms with van der Waals surface area (Å²) in [5, 5.41) is 0. The number of hydrogen-bond acceptors (Lipinski definition) is 0. The first kappa shape index (κ1) is 16.4. The van der Waals surface area contributed by atoms with E-state index in [0.29, 0.717) is 5.41 Å². The van der Waals surface area contributed by atoms with Crippen LogP contribution in [0.3, 0.4) is 0 Å². The molecule has 0 heteroatoms. The fraction of sp³-hybridized carbons (Fsp3) is 1.00. The molecule has 0 aromatic rings. The zero-order valence-corrected chi connectivity index (χ0v) is 14.6. The van der Waals surface area contributed by atoms with E-state index in [0.717, 1.165) is 23.7 Å². The predicted molar refractivity (Wildman–Crippen MR) is 89.9 cm³/mol. The van der Waals surface area contributed by atoms with Gasteiger partial charge in [0.2, 0.25) is 0 Å². The summed E-state index contributed by atoms with van der Waals surface area (Å²) in [6.45, 7) is 9.99. The van der Waals surface area contributed by atoms with Gasteiger partial charge in [0.15, 0.2) is 0 Å². The Morgan fingerprint density at radius 1 is 1.05 bits per heavy atom. The van der Waals surface area contributed by atoms with Gasteiger partial charge >= 0.3 is 0 Å². The molecule has 3 unspecified atom stereocenters. The lowest BCUT2D eigenvalue weighted by Crippen LogP contribution is -2.25. The average molecular weight is 279 g/mol. The Bertz CT molecular complexity index is 272. The van der Waals surface area contributed by atoms with Crippen LogP contribution in [0.5, 0.6) is 0 Å². The van der Waals surface area contributed by atoms with E-state index in [1.54, 1.807) is 0 Å². The largest absolute Gasteiger partial charge is 0.0651 e. The topological polar surface area (TPSA) is 0 Å². The second-order valence-electron chi connectivity index (χ2n) is 8.81. The zero-order chi connectivity index (χ0) is 14.6. The van der Waals surface area contributed by atoms with Crippen molar-refractivity contribution in [1.82, 2.24) is 0 Å². The van der Waals surface area contributed by atoms with Gasteiger partial charge in [-0.1, -0.05) is 72.6 Å². The Hall–Kier alpha value is 0. The second-order valence-corrected chi connectivity index (χ2v) is 8.81. The maximum Gasteiger partial charge on any atom is -0.0323 e. The van der Waals surface area contributed by atoms with Crippen molar-refractivity contribution in [2.24, 2.45) is 29.1 Å². The summed E-state index contributed by atoms with van der Waals surface area (Å²) >= 11 is 0. The van der Waals surface area contributed by atoms with Gasteiger partial charge in [-0.15, -0.1) is 0 Å². The highest BCUT2D eigenvalue weighted by Gasteiger charge is 2.33. The van der Waals surface area contributed by atoms with Crippen LogP contribution in [0.4, 0.5) is 0 Å². The third kappa shape index (κ3) is 4.50. The Balaban J connectivity index is 1.76. The molecule has 0 aromatic heterocycles. The third-order valence-corrected chi connectivity index (χ3v) is 6.64. The zero-order valence-electron chi connectivity index (χ0n) is 14.6. The monoisotopic (exact) mass is 278 g/mol. The molecular weight excluding hydrogens is 240 g/mol. The van der Waals surface area contributed by atoms with Crippen LogP contribution in [-0.2, 0) is 0 Å². The highest BCUT2D eigenvalue weighted by atomic mass is 14.4. The molecule has 0 bridgehead atoms. The lowest BCUT2D eigenvalue weighted by atomic mass is 9.70. The van der Waals surface area contributed by atoms with Crippen molar-refractivity contribution in [3.05, 3.63) is 0 Å². The van der Waals surface area contributed by atoms with E-state index in [1.807, 2.05) is 0 Å². The van der Waals surface area contributed by atoms with Gasteiger partial charge in [0.25, 0.3) is 0 Å². The van der Waals surface area contributed by atoms with E-state index in [4.69, 9.17) is 0 Å². The molecule has 0 nitrogen and oxygen atoms in total. The van der Waals surface area contributed by atoms with Crippen molar-refractivity contribution >= 4 is 0 Å². The SMILES string of the molecule is CCC(CCC1CCC(C)C1)CC(C)(C)C1CCCC1. The minimum atomic E-state index is 0.597. The minimum absolute atomic E-state index is 0.597. The number of hydrogen-bond donors (Lipinski definition) is 0. The van der Waals surface area contributed by atoms with Gasteiger partial charge in [-0.2, -0.15) is 0 Å². The molecule has 0 aliphatic heterocycles. The van der Waals surface area contributed by atoms with Crippen LogP contribution < -0.4 is 0 Å². The van der Waals surface area contributed by atoms with E-state index < -0.39 is 0 Å². The molecule has 0 heterocycles. The maximum absolute atomic E-state index is 2.56. The van der Waals surface area contributed by atoms with Crippen molar-refractivity contribution < 1.29 is 0 Å². The molecule has 2 fully saturated rings. The smallest absolute Gasteiger partial charge is 0.0323 e. The summed E-state index contributed by atoms with van der Waals surface area (Å²) in [5.41, 5.74) is 0.597. The van der Waals surface area contributed by atoms with Crippen LogP contribution in [0, 0.1) is 29.1 Å². The summed E-state index contributed by atoms with van der Waals surface area (Å²) in [5.74, 6) is 4.08. The van der Waals surface area contributed by atoms with Crippen LogP contribution in [0.1, 0.15) is 98.3 Å². The van der Waals surface area contributed by atoms with Crippen LogP contribution in [-0.4, -0.2) is 0 Å². The molecule has 2 aliphatic rings. The van der Waals surface area contributed by atoms with Crippen LogP contribution in [0.15, 0.2) is 0 Å². The van der Waals surface area contributed by atoms with E-state index in [-0.39, 0.29) is 0 Å². The molecule has 0 amide bonds. The van der Waals surface area contributed by atoms with Crippen molar-refractivity contribution in [2.75, 3.05) is 0 Å². The van der Waals surface area contributed by atoms with Gasteiger partial charge in [-0.05, 0) is 54.8 Å². The summed E-state index contributed by atoms with van der Waals surface area (Å²) < 4.78 is 0. The van der Waals surface area contributed by atoms with Gasteiger partial charge in [-0.25, -0.2) is 0 Å². The molecule has 2 aliphatic carbocycles. The van der Waals surface area contributed by atoms with E-state index >= 15 is 0 Å². The first-order chi connectivity index (χ1) is 9.51. The van der Waals surface area contributed by atoms with E-state index in [1.165, 1.54) is 70.6 Å². The fourth-order valence-corrected chi connectivity index (χ4v) is 5.13. The van der Waals surface area contributed by atoms with Gasteiger partial charge < -0.3 is 0 Å². The lowest BCUT2D eigenvalue weighted by molar-refractivity contribution is 0.153. The molecule has 2 saturated carbocycles. The second kappa shape index (κ2) is 7.32. The molecule has 0 N–H and O–H groups in total. The third-order valence-electron chi connectivity index (χ3n) is 6.64. The fourth-order valence-electron chi connectivity index (χ4n) is 5.13.